The molecule has 0 spiro atoms. The van der Waals surface area contributed by atoms with Crippen molar-refractivity contribution in [3.05, 3.63) is 92.0 Å². The molecule has 1 aliphatic rings. The van der Waals surface area contributed by atoms with Crippen molar-refractivity contribution < 1.29 is 27.1 Å². The zero-order chi connectivity index (χ0) is 24.5. The van der Waals surface area contributed by atoms with Crippen molar-refractivity contribution in [1.29, 1.82) is 0 Å². The first-order chi connectivity index (χ1) is 16.2. The zero-order valence-electron chi connectivity index (χ0n) is 17.6. The number of aromatic nitrogens is 3. The maximum absolute atomic E-state index is 14.2. The lowest BCUT2D eigenvalue weighted by molar-refractivity contribution is -0.137. The summed E-state index contributed by atoms with van der Waals surface area (Å²) in [6.07, 6.45) is -4.70. The van der Waals surface area contributed by atoms with Crippen LogP contribution in [0.4, 0.5) is 17.6 Å². The lowest BCUT2D eigenvalue weighted by atomic mass is 10.2. The molecular formula is C22H18F4N4O4. The van der Waals surface area contributed by atoms with Crippen LogP contribution in [0.5, 0.6) is 0 Å². The van der Waals surface area contributed by atoms with Gasteiger partial charge in [0.1, 0.15) is 5.82 Å². The van der Waals surface area contributed by atoms with Crippen LogP contribution in [0.15, 0.2) is 58.1 Å². The summed E-state index contributed by atoms with van der Waals surface area (Å²) in [6, 6.07) is 9.14. The molecule has 2 aromatic carbocycles. The first kappa shape index (κ1) is 23.4. The quantitative estimate of drug-likeness (QED) is 0.536. The number of carbonyl (C=O) groups excluding carboxylic acids is 1. The van der Waals surface area contributed by atoms with Gasteiger partial charge in [-0.25, -0.2) is 9.18 Å². The van der Waals surface area contributed by atoms with Gasteiger partial charge in [-0.15, -0.1) is 0 Å². The molecule has 0 bridgehead atoms. The zero-order valence-corrected chi connectivity index (χ0v) is 17.6. The molecule has 178 valence electrons. The molecule has 34 heavy (non-hydrogen) atoms. The van der Waals surface area contributed by atoms with Gasteiger partial charge in [-0.3, -0.25) is 14.2 Å². The summed E-state index contributed by atoms with van der Waals surface area (Å²) in [7, 11) is 0. The minimum Gasteiger partial charge on any atom is -0.378 e. The van der Waals surface area contributed by atoms with E-state index in [0.29, 0.717) is 15.3 Å². The summed E-state index contributed by atoms with van der Waals surface area (Å²) in [5.41, 5.74) is -4.24. The first-order valence-electron chi connectivity index (χ1n) is 10.2. The number of hydrogen-bond acceptors (Lipinski definition) is 5. The Kier molecular flexibility index (Phi) is 6.33. The molecule has 3 aromatic rings. The fourth-order valence-electron chi connectivity index (χ4n) is 3.48. The van der Waals surface area contributed by atoms with Crippen LogP contribution >= 0.6 is 0 Å². The number of alkyl halides is 3. The van der Waals surface area contributed by atoms with Gasteiger partial charge in [0.05, 0.1) is 31.0 Å². The third kappa shape index (κ3) is 4.62. The molecule has 0 unspecified atom stereocenters. The number of rotatable bonds is 4. The number of ether oxygens (including phenoxy) is 1. The average Bonchev–Trinajstić information content (AvgIpc) is 2.83. The van der Waals surface area contributed by atoms with Gasteiger partial charge in [0.25, 0.3) is 11.5 Å². The molecule has 12 heteroatoms. The van der Waals surface area contributed by atoms with E-state index < -0.39 is 47.0 Å². The Labute approximate surface area is 189 Å². The van der Waals surface area contributed by atoms with Crippen molar-refractivity contribution in [1.82, 2.24) is 19.2 Å². The normalized spacial score (nSPS) is 14.3. The predicted molar refractivity (Wildman–Crippen MR) is 111 cm³/mol. The summed E-state index contributed by atoms with van der Waals surface area (Å²) in [5, 5.41) is 3.84. The van der Waals surface area contributed by atoms with Crippen LogP contribution in [0, 0.1) is 5.82 Å². The predicted octanol–water partition coefficient (Wildman–Crippen LogP) is 2.07. The van der Waals surface area contributed by atoms with Gasteiger partial charge in [0.2, 0.25) is 5.69 Å². The summed E-state index contributed by atoms with van der Waals surface area (Å²) in [4.78, 5) is 40.6. The SMILES string of the molecule is O=C(c1nn(-c2cccc(C(F)(F)F)c2)c(=O)n(Cc2ccccc2F)c1=O)N1CCOCC1. The summed E-state index contributed by atoms with van der Waals surface area (Å²) in [6.45, 7) is 0.228. The van der Waals surface area contributed by atoms with Crippen molar-refractivity contribution in [3.63, 3.8) is 0 Å². The summed E-state index contributed by atoms with van der Waals surface area (Å²) >= 11 is 0. The van der Waals surface area contributed by atoms with Crippen LogP contribution in [0.3, 0.4) is 0 Å². The molecule has 2 heterocycles. The van der Waals surface area contributed by atoms with Crippen molar-refractivity contribution in [3.8, 4) is 5.69 Å². The molecule has 0 saturated carbocycles. The second-order valence-corrected chi connectivity index (χ2v) is 7.48. The second-order valence-electron chi connectivity index (χ2n) is 7.48. The van der Waals surface area contributed by atoms with E-state index in [9.17, 15) is 31.9 Å². The molecule has 1 aromatic heterocycles. The number of carbonyl (C=O) groups is 1. The van der Waals surface area contributed by atoms with Gasteiger partial charge >= 0.3 is 11.9 Å². The smallest absolute Gasteiger partial charge is 0.378 e. The molecule has 1 aliphatic heterocycles. The molecule has 1 amide bonds. The number of nitrogens with zero attached hydrogens (tertiary/aromatic N) is 4. The first-order valence-corrected chi connectivity index (χ1v) is 10.2. The van der Waals surface area contributed by atoms with E-state index in [-0.39, 0.29) is 37.6 Å². The van der Waals surface area contributed by atoms with Crippen LogP contribution in [0.2, 0.25) is 0 Å². The number of morpholine rings is 1. The van der Waals surface area contributed by atoms with Gasteiger partial charge in [0.15, 0.2) is 0 Å². The highest BCUT2D eigenvalue weighted by atomic mass is 19.4. The monoisotopic (exact) mass is 478 g/mol. The van der Waals surface area contributed by atoms with E-state index >= 15 is 0 Å². The van der Waals surface area contributed by atoms with E-state index in [2.05, 4.69) is 5.10 Å². The number of hydrogen-bond donors (Lipinski definition) is 0. The molecule has 0 N–H and O–H groups in total. The minimum absolute atomic E-state index is 0.0201. The number of halogens is 4. The molecule has 0 radical (unpaired) electrons. The van der Waals surface area contributed by atoms with Crippen LogP contribution in [-0.4, -0.2) is 51.5 Å². The van der Waals surface area contributed by atoms with Gasteiger partial charge in [0, 0.05) is 18.7 Å². The molecule has 0 atom stereocenters. The topological polar surface area (TPSA) is 86.4 Å². The largest absolute Gasteiger partial charge is 0.416 e. The van der Waals surface area contributed by atoms with Crippen molar-refractivity contribution in [2.75, 3.05) is 26.3 Å². The van der Waals surface area contributed by atoms with Crippen LogP contribution in [0.25, 0.3) is 5.69 Å². The van der Waals surface area contributed by atoms with Crippen molar-refractivity contribution in [2.45, 2.75) is 12.7 Å². The third-order valence-electron chi connectivity index (χ3n) is 5.27. The molecular weight excluding hydrogens is 460 g/mol. The van der Waals surface area contributed by atoms with Gasteiger partial charge in [-0.2, -0.15) is 23.0 Å². The lowest BCUT2D eigenvalue weighted by Gasteiger charge is -2.26. The molecule has 8 nitrogen and oxygen atoms in total. The average molecular weight is 478 g/mol. The standard InChI is InChI=1S/C22H18F4N4O4/c23-17-7-2-1-4-14(17)13-29-20(32)18(19(31)28-8-10-34-11-9-28)27-30(21(29)33)16-6-3-5-15(12-16)22(24,25)26/h1-7,12H,8-11,13H2. The van der Waals surface area contributed by atoms with E-state index in [1.165, 1.54) is 29.2 Å². The Morgan fingerprint density at radius 1 is 1.03 bits per heavy atom. The van der Waals surface area contributed by atoms with E-state index in [0.717, 1.165) is 18.2 Å². The minimum atomic E-state index is -4.70. The van der Waals surface area contributed by atoms with Crippen molar-refractivity contribution >= 4 is 5.91 Å². The molecule has 4 rings (SSSR count). The fourth-order valence-corrected chi connectivity index (χ4v) is 3.48. The third-order valence-corrected chi connectivity index (χ3v) is 5.27. The van der Waals surface area contributed by atoms with Crippen LogP contribution in [-0.2, 0) is 17.5 Å². The second kappa shape index (κ2) is 9.21. The highest BCUT2D eigenvalue weighted by Gasteiger charge is 2.31. The maximum Gasteiger partial charge on any atom is 0.416 e. The van der Waals surface area contributed by atoms with Crippen molar-refractivity contribution in [2.24, 2.45) is 0 Å². The Morgan fingerprint density at radius 3 is 2.41 bits per heavy atom. The number of benzene rings is 2. The Hall–Kier alpha value is -3.80. The highest BCUT2D eigenvalue weighted by Crippen LogP contribution is 2.30. The highest BCUT2D eigenvalue weighted by molar-refractivity contribution is 5.91. The maximum atomic E-state index is 14.2. The Bertz CT molecular complexity index is 1340. The van der Waals surface area contributed by atoms with Gasteiger partial charge < -0.3 is 9.64 Å². The van der Waals surface area contributed by atoms with E-state index in [1.807, 2.05) is 0 Å². The number of amides is 1. The van der Waals surface area contributed by atoms with E-state index in [4.69, 9.17) is 4.74 Å². The molecule has 0 aliphatic carbocycles. The fraction of sp³-hybridized carbons (Fsp3) is 0.273. The molecule has 1 saturated heterocycles. The Morgan fingerprint density at radius 2 is 1.74 bits per heavy atom. The van der Waals surface area contributed by atoms with E-state index in [1.54, 1.807) is 0 Å². The lowest BCUT2D eigenvalue weighted by Crippen LogP contribution is -2.48. The summed E-state index contributed by atoms with van der Waals surface area (Å²) in [5.74, 6) is -1.51. The summed E-state index contributed by atoms with van der Waals surface area (Å²) < 4.78 is 60.3. The molecule has 1 fully saturated rings. The Balaban J connectivity index is 1.91. The van der Waals surface area contributed by atoms with Crippen LogP contribution in [0.1, 0.15) is 21.6 Å². The van der Waals surface area contributed by atoms with Gasteiger partial charge in [-0.05, 0) is 24.3 Å². The van der Waals surface area contributed by atoms with Gasteiger partial charge in [-0.1, -0.05) is 24.3 Å². The van der Waals surface area contributed by atoms with Crippen LogP contribution < -0.4 is 11.2 Å².